The minimum atomic E-state index is 0.189. The molecule has 0 radical (unpaired) electrons. The summed E-state index contributed by atoms with van der Waals surface area (Å²) >= 11 is 0. The van der Waals surface area contributed by atoms with E-state index < -0.39 is 0 Å². The van der Waals surface area contributed by atoms with Gasteiger partial charge in [-0.1, -0.05) is 0 Å². The van der Waals surface area contributed by atoms with E-state index >= 15 is 0 Å². The van der Waals surface area contributed by atoms with Crippen LogP contribution >= 0.6 is 0 Å². The first-order valence-electron chi connectivity index (χ1n) is 6.22. The van der Waals surface area contributed by atoms with E-state index in [1.807, 2.05) is 11.8 Å². The summed E-state index contributed by atoms with van der Waals surface area (Å²) in [6.07, 6.45) is 0.189. The van der Waals surface area contributed by atoms with Crippen molar-refractivity contribution >= 4 is 5.91 Å². The molecule has 94 valence electrons. The number of amides is 1. The zero-order valence-electron chi connectivity index (χ0n) is 11.2. The fraction of sp³-hybridized carbons (Fsp3) is 0.917. The van der Waals surface area contributed by atoms with E-state index in [0.717, 1.165) is 13.1 Å². The second-order valence-corrected chi connectivity index (χ2v) is 5.07. The van der Waals surface area contributed by atoms with Gasteiger partial charge in [0.1, 0.15) is 0 Å². The molecule has 1 atom stereocenters. The van der Waals surface area contributed by atoms with Crippen LogP contribution in [0.5, 0.6) is 0 Å². The fourth-order valence-electron chi connectivity index (χ4n) is 2.32. The molecular weight excluding hydrogens is 202 g/mol. The summed E-state index contributed by atoms with van der Waals surface area (Å²) in [5.41, 5.74) is 0. The van der Waals surface area contributed by atoms with Crippen LogP contribution < -0.4 is 5.32 Å². The predicted molar refractivity (Wildman–Crippen MR) is 66.2 cm³/mol. The van der Waals surface area contributed by atoms with Crippen molar-refractivity contribution in [3.05, 3.63) is 0 Å². The number of carbonyl (C=O) groups excluding carboxylic acids is 1. The lowest BCUT2D eigenvalue weighted by atomic mass is 10.2. The number of nitrogens with zero attached hydrogens (tertiary/aromatic N) is 2. The maximum Gasteiger partial charge on any atom is 0.237 e. The molecule has 0 aromatic rings. The van der Waals surface area contributed by atoms with Crippen molar-refractivity contribution in [1.29, 1.82) is 0 Å². The van der Waals surface area contributed by atoms with Crippen LogP contribution in [0.3, 0.4) is 0 Å². The minimum Gasteiger partial charge on any atom is -0.325 e. The largest absolute Gasteiger partial charge is 0.325 e. The Bertz CT molecular complexity index is 232. The number of rotatable bonds is 5. The van der Waals surface area contributed by atoms with Gasteiger partial charge in [-0.25, -0.2) is 0 Å². The molecule has 1 saturated heterocycles. The first kappa shape index (κ1) is 13.5. The summed E-state index contributed by atoms with van der Waals surface area (Å²) in [5.74, 6) is 0.222. The molecule has 1 unspecified atom stereocenters. The maximum atomic E-state index is 11.6. The van der Waals surface area contributed by atoms with E-state index in [1.54, 1.807) is 0 Å². The molecular formula is C12H25N3O. The van der Waals surface area contributed by atoms with Gasteiger partial charge in [0.25, 0.3) is 0 Å². The van der Waals surface area contributed by atoms with Gasteiger partial charge in [-0.05, 0) is 34.6 Å². The monoisotopic (exact) mass is 227 g/mol. The standard InChI is InChI=1S/C12H25N3O/c1-9(2)14(10(3)4)6-7-15-11(5)13-8-12(15)16/h9-11,13H,6-8H2,1-5H3. The van der Waals surface area contributed by atoms with Gasteiger partial charge in [-0.3, -0.25) is 15.0 Å². The highest BCUT2D eigenvalue weighted by Gasteiger charge is 2.27. The average molecular weight is 227 g/mol. The molecule has 0 aliphatic carbocycles. The highest BCUT2D eigenvalue weighted by molar-refractivity contribution is 5.80. The number of hydrogen-bond acceptors (Lipinski definition) is 3. The summed E-state index contributed by atoms with van der Waals surface area (Å²) in [7, 11) is 0. The van der Waals surface area contributed by atoms with Gasteiger partial charge in [-0.2, -0.15) is 0 Å². The summed E-state index contributed by atoms with van der Waals surface area (Å²) in [6.45, 7) is 13.1. The van der Waals surface area contributed by atoms with E-state index in [2.05, 4.69) is 37.9 Å². The molecule has 1 fully saturated rings. The van der Waals surface area contributed by atoms with Gasteiger partial charge in [0.2, 0.25) is 5.91 Å². The SMILES string of the molecule is CC1NCC(=O)N1CCN(C(C)C)C(C)C. The minimum absolute atomic E-state index is 0.189. The Labute approximate surface area is 99.0 Å². The van der Waals surface area contributed by atoms with Crippen LogP contribution in [0.15, 0.2) is 0 Å². The maximum absolute atomic E-state index is 11.6. The Morgan fingerprint density at radius 2 is 1.94 bits per heavy atom. The van der Waals surface area contributed by atoms with Crippen LogP contribution in [0.4, 0.5) is 0 Å². The topological polar surface area (TPSA) is 35.6 Å². The third-order valence-electron chi connectivity index (χ3n) is 3.26. The Balaban J connectivity index is 2.45. The van der Waals surface area contributed by atoms with Crippen molar-refractivity contribution in [3.8, 4) is 0 Å². The Morgan fingerprint density at radius 3 is 2.31 bits per heavy atom. The number of hydrogen-bond donors (Lipinski definition) is 1. The normalized spacial score (nSPS) is 21.9. The summed E-state index contributed by atoms with van der Waals surface area (Å²) in [5, 5.41) is 3.16. The molecule has 0 aromatic carbocycles. The molecule has 1 heterocycles. The van der Waals surface area contributed by atoms with Crippen LogP contribution in [0.1, 0.15) is 34.6 Å². The van der Waals surface area contributed by atoms with Crippen molar-refractivity contribution in [1.82, 2.24) is 15.1 Å². The molecule has 1 aliphatic rings. The lowest BCUT2D eigenvalue weighted by Crippen LogP contribution is -2.45. The molecule has 0 saturated carbocycles. The van der Waals surface area contributed by atoms with E-state index in [9.17, 15) is 4.79 Å². The van der Waals surface area contributed by atoms with Crippen LogP contribution in [-0.4, -0.2) is 53.6 Å². The Kier molecular flexibility index (Phi) is 4.74. The molecule has 0 spiro atoms. The summed E-state index contributed by atoms with van der Waals surface area (Å²) in [4.78, 5) is 15.9. The average Bonchev–Trinajstić information content (AvgIpc) is 2.47. The van der Waals surface area contributed by atoms with Crippen molar-refractivity contribution < 1.29 is 4.79 Å². The van der Waals surface area contributed by atoms with E-state index in [0.29, 0.717) is 18.6 Å². The zero-order chi connectivity index (χ0) is 12.3. The molecule has 16 heavy (non-hydrogen) atoms. The molecule has 4 heteroatoms. The second-order valence-electron chi connectivity index (χ2n) is 5.07. The van der Waals surface area contributed by atoms with Gasteiger partial charge in [0.05, 0.1) is 12.7 Å². The van der Waals surface area contributed by atoms with E-state index in [1.165, 1.54) is 0 Å². The van der Waals surface area contributed by atoms with Crippen molar-refractivity contribution in [2.75, 3.05) is 19.6 Å². The second kappa shape index (κ2) is 5.64. The smallest absolute Gasteiger partial charge is 0.237 e. The highest BCUT2D eigenvalue weighted by atomic mass is 16.2. The van der Waals surface area contributed by atoms with Crippen molar-refractivity contribution in [2.45, 2.75) is 52.9 Å². The molecule has 0 bridgehead atoms. The van der Waals surface area contributed by atoms with E-state index in [-0.39, 0.29) is 12.1 Å². The quantitative estimate of drug-likeness (QED) is 0.757. The van der Waals surface area contributed by atoms with Crippen molar-refractivity contribution in [2.24, 2.45) is 0 Å². The van der Waals surface area contributed by atoms with Gasteiger partial charge < -0.3 is 4.90 Å². The number of carbonyl (C=O) groups is 1. The number of nitrogens with one attached hydrogen (secondary N) is 1. The third-order valence-corrected chi connectivity index (χ3v) is 3.26. The van der Waals surface area contributed by atoms with Crippen LogP contribution in [-0.2, 0) is 4.79 Å². The molecule has 1 aliphatic heterocycles. The van der Waals surface area contributed by atoms with Gasteiger partial charge in [0, 0.05) is 25.2 Å². The molecule has 0 aromatic heterocycles. The van der Waals surface area contributed by atoms with E-state index in [4.69, 9.17) is 0 Å². The first-order valence-corrected chi connectivity index (χ1v) is 6.22. The Morgan fingerprint density at radius 1 is 1.38 bits per heavy atom. The lowest BCUT2D eigenvalue weighted by Gasteiger charge is -2.33. The molecule has 1 amide bonds. The molecule has 1 rings (SSSR count). The van der Waals surface area contributed by atoms with Gasteiger partial charge in [-0.15, -0.1) is 0 Å². The van der Waals surface area contributed by atoms with Gasteiger partial charge in [0.15, 0.2) is 0 Å². The Hall–Kier alpha value is -0.610. The molecule has 1 N–H and O–H groups in total. The van der Waals surface area contributed by atoms with Crippen LogP contribution in [0, 0.1) is 0 Å². The van der Waals surface area contributed by atoms with Crippen molar-refractivity contribution in [3.63, 3.8) is 0 Å². The van der Waals surface area contributed by atoms with Crippen LogP contribution in [0.25, 0.3) is 0 Å². The highest BCUT2D eigenvalue weighted by Crippen LogP contribution is 2.08. The summed E-state index contributed by atoms with van der Waals surface area (Å²) in [6, 6.07) is 1.06. The molecule has 4 nitrogen and oxygen atoms in total. The first-order chi connectivity index (χ1) is 7.43. The van der Waals surface area contributed by atoms with Gasteiger partial charge >= 0.3 is 0 Å². The van der Waals surface area contributed by atoms with Crippen LogP contribution in [0.2, 0.25) is 0 Å². The fourth-order valence-corrected chi connectivity index (χ4v) is 2.32. The lowest BCUT2D eigenvalue weighted by molar-refractivity contribution is -0.128. The third kappa shape index (κ3) is 3.19. The zero-order valence-corrected chi connectivity index (χ0v) is 11.2. The summed E-state index contributed by atoms with van der Waals surface area (Å²) < 4.78 is 0. The predicted octanol–water partition coefficient (Wildman–Crippen LogP) is 0.883.